The first-order valence-electron chi connectivity index (χ1n) is 5.67. The number of hydrogen-bond acceptors (Lipinski definition) is 1. The molecule has 2 aromatic rings. The lowest BCUT2D eigenvalue weighted by molar-refractivity contribution is 0.486. The average molecular weight is 324 g/mol. The van der Waals surface area contributed by atoms with Crippen LogP contribution in [0.5, 0.6) is 0 Å². The van der Waals surface area contributed by atoms with Gasteiger partial charge < -0.3 is 0 Å². The second kappa shape index (κ2) is 4.20. The molecule has 0 fully saturated rings. The van der Waals surface area contributed by atoms with Crippen molar-refractivity contribution >= 4 is 22.6 Å². The molecule has 1 aromatic carbocycles. The van der Waals surface area contributed by atoms with E-state index in [4.69, 9.17) is 5.10 Å². The number of nitrogens with zero attached hydrogens (tertiary/aromatic N) is 2. The van der Waals surface area contributed by atoms with Crippen molar-refractivity contribution in [2.45, 2.75) is 25.8 Å². The second-order valence-corrected chi connectivity index (χ2v) is 5.23. The van der Waals surface area contributed by atoms with Crippen LogP contribution in [0.25, 0.3) is 11.3 Å². The van der Waals surface area contributed by atoms with Gasteiger partial charge in [-0.2, -0.15) is 5.10 Å². The van der Waals surface area contributed by atoms with E-state index in [0.717, 1.165) is 12.2 Å². The first kappa shape index (κ1) is 10.3. The highest BCUT2D eigenvalue weighted by Crippen LogP contribution is 2.29. The van der Waals surface area contributed by atoms with Crippen LogP contribution in [0, 0.1) is 3.57 Å². The number of halogens is 1. The summed E-state index contributed by atoms with van der Waals surface area (Å²) in [5.74, 6) is 0. The molecule has 16 heavy (non-hydrogen) atoms. The van der Waals surface area contributed by atoms with Crippen LogP contribution in [-0.2, 0) is 13.0 Å². The van der Waals surface area contributed by atoms with Gasteiger partial charge in [-0.15, -0.1) is 0 Å². The summed E-state index contributed by atoms with van der Waals surface area (Å²) in [6.07, 6.45) is 3.74. The highest BCUT2D eigenvalue weighted by atomic mass is 127. The Morgan fingerprint density at radius 3 is 2.69 bits per heavy atom. The van der Waals surface area contributed by atoms with Crippen molar-refractivity contribution in [3.8, 4) is 11.3 Å². The molecule has 0 unspecified atom stereocenters. The third-order valence-corrected chi connectivity index (χ3v) is 4.21. The molecule has 0 bridgehead atoms. The summed E-state index contributed by atoms with van der Waals surface area (Å²) in [5, 5.41) is 4.73. The van der Waals surface area contributed by atoms with Gasteiger partial charge in [-0.25, -0.2) is 0 Å². The summed E-state index contributed by atoms with van der Waals surface area (Å²) in [6.45, 7) is 1.08. The van der Waals surface area contributed by atoms with E-state index >= 15 is 0 Å². The predicted octanol–water partition coefficient (Wildman–Crippen LogP) is 3.49. The summed E-state index contributed by atoms with van der Waals surface area (Å²) < 4.78 is 3.52. The molecule has 0 saturated carbocycles. The quantitative estimate of drug-likeness (QED) is 0.734. The second-order valence-electron chi connectivity index (χ2n) is 4.16. The zero-order valence-corrected chi connectivity index (χ0v) is 11.1. The fraction of sp³-hybridized carbons (Fsp3) is 0.308. The van der Waals surface area contributed by atoms with E-state index in [2.05, 4.69) is 51.5 Å². The third-order valence-electron chi connectivity index (χ3n) is 3.07. The van der Waals surface area contributed by atoms with E-state index in [9.17, 15) is 0 Å². The topological polar surface area (TPSA) is 17.8 Å². The Labute approximate surface area is 109 Å². The lowest BCUT2D eigenvalue weighted by atomic mass is 10.1. The Morgan fingerprint density at radius 1 is 1.12 bits per heavy atom. The summed E-state index contributed by atoms with van der Waals surface area (Å²) >= 11 is 2.44. The number of aromatic nitrogens is 2. The number of aryl methyl sites for hydroxylation is 1. The van der Waals surface area contributed by atoms with Gasteiger partial charge in [0, 0.05) is 12.1 Å². The van der Waals surface area contributed by atoms with Gasteiger partial charge in [0.25, 0.3) is 0 Å². The maximum absolute atomic E-state index is 4.73. The normalized spacial score (nSPS) is 14.8. The van der Waals surface area contributed by atoms with Crippen molar-refractivity contribution in [1.82, 2.24) is 9.78 Å². The van der Waals surface area contributed by atoms with Crippen LogP contribution < -0.4 is 0 Å². The molecule has 0 N–H and O–H groups in total. The van der Waals surface area contributed by atoms with Crippen LogP contribution in [0.2, 0.25) is 0 Å². The van der Waals surface area contributed by atoms with Gasteiger partial charge in [-0.05, 0) is 41.9 Å². The van der Waals surface area contributed by atoms with Gasteiger partial charge in [-0.1, -0.05) is 30.3 Å². The Bertz CT molecular complexity index is 502. The maximum Gasteiger partial charge on any atom is 0.106 e. The molecule has 2 nitrogen and oxygen atoms in total. The molecule has 1 aromatic heterocycles. The zero-order valence-electron chi connectivity index (χ0n) is 8.99. The molecule has 2 heterocycles. The number of rotatable bonds is 1. The Morgan fingerprint density at radius 2 is 1.94 bits per heavy atom. The molecule has 0 saturated heterocycles. The SMILES string of the molecule is Ic1c(-c2ccccc2)nn2c1CCCC2. The van der Waals surface area contributed by atoms with Gasteiger partial charge in [0.1, 0.15) is 5.69 Å². The van der Waals surface area contributed by atoms with Gasteiger partial charge in [0.15, 0.2) is 0 Å². The van der Waals surface area contributed by atoms with Gasteiger partial charge >= 0.3 is 0 Å². The van der Waals surface area contributed by atoms with Crippen LogP contribution >= 0.6 is 22.6 Å². The molecular formula is C13H13IN2. The van der Waals surface area contributed by atoms with Crippen molar-refractivity contribution in [2.75, 3.05) is 0 Å². The van der Waals surface area contributed by atoms with Crippen molar-refractivity contribution in [1.29, 1.82) is 0 Å². The first-order chi connectivity index (χ1) is 7.86. The molecule has 0 spiro atoms. The Hall–Kier alpha value is -0.840. The number of benzene rings is 1. The summed E-state index contributed by atoms with van der Waals surface area (Å²) in [6, 6.07) is 10.5. The monoisotopic (exact) mass is 324 g/mol. The summed E-state index contributed by atoms with van der Waals surface area (Å²) in [7, 11) is 0. The molecule has 1 aliphatic rings. The predicted molar refractivity (Wildman–Crippen MR) is 73.3 cm³/mol. The molecular weight excluding hydrogens is 311 g/mol. The molecule has 0 aliphatic carbocycles. The Kier molecular flexibility index (Phi) is 2.71. The lowest BCUT2D eigenvalue weighted by Gasteiger charge is -2.12. The Balaban J connectivity index is 2.12. The van der Waals surface area contributed by atoms with Gasteiger partial charge in [0.05, 0.1) is 9.26 Å². The first-order valence-corrected chi connectivity index (χ1v) is 6.75. The third kappa shape index (κ3) is 1.67. The standard InChI is InChI=1S/C13H13IN2/c14-12-11-8-4-5-9-16(11)15-13(12)10-6-2-1-3-7-10/h1-3,6-7H,4-5,8-9H2. The highest BCUT2D eigenvalue weighted by molar-refractivity contribution is 14.1. The molecule has 82 valence electrons. The summed E-state index contributed by atoms with van der Waals surface area (Å²) in [5.41, 5.74) is 3.80. The van der Waals surface area contributed by atoms with Crippen LogP contribution in [0.1, 0.15) is 18.5 Å². The van der Waals surface area contributed by atoms with Crippen LogP contribution in [0.3, 0.4) is 0 Å². The molecule has 3 rings (SSSR count). The largest absolute Gasteiger partial charge is 0.268 e. The summed E-state index contributed by atoms with van der Waals surface area (Å²) in [4.78, 5) is 0. The van der Waals surface area contributed by atoms with Crippen molar-refractivity contribution in [3.63, 3.8) is 0 Å². The fourth-order valence-corrected chi connectivity index (χ4v) is 3.20. The van der Waals surface area contributed by atoms with Gasteiger partial charge in [0.2, 0.25) is 0 Å². The molecule has 0 atom stereocenters. The molecule has 1 aliphatic heterocycles. The minimum atomic E-state index is 1.08. The average Bonchev–Trinajstić information content (AvgIpc) is 2.69. The number of fused-ring (bicyclic) bond motifs is 1. The molecule has 3 heteroatoms. The van der Waals surface area contributed by atoms with Gasteiger partial charge in [-0.3, -0.25) is 4.68 Å². The minimum Gasteiger partial charge on any atom is -0.268 e. The number of hydrogen-bond donors (Lipinski definition) is 0. The van der Waals surface area contributed by atoms with Crippen molar-refractivity contribution < 1.29 is 0 Å². The smallest absolute Gasteiger partial charge is 0.106 e. The minimum absolute atomic E-state index is 1.08. The lowest BCUT2D eigenvalue weighted by Crippen LogP contribution is -2.11. The maximum atomic E-state index is 4.73. The fourth-order valence-electron chi connectivity index (χ4n) is 2.23. The van der Waals surface area contributed by atoms with E-state index in [1.54, 1.807) is 0 Å². The van der Waals surface area contributed by atoms with Crippen LogP contribution in [-0.4, -0.2) is 9.78 Å². The zero-order chi connectivity index (χ0) is 11.0. The highest BCUT2D eigenvalue weighted by Gasteiger charge is 2.18. The van der Waals surface area contributed by atoms with Crippen LogP contribution in [0.15, 0.2) is 30.3 Å². The van der Waals surface area contributed by atoms with E-state index in [-0.39, 0.29) is 0 Å². The van der Waals surface area contributed by atoms with E-state index in [0.29, 0.717) is 0 Å². The molecule has 0 amide bonds. The van der Waals surface area contributed by atoms with E-state index in [1.165, 1.54) is 34.1 Å². The van der Waals surface area contributed by atoms with Crippen LogP contribution in [0.4, 0.5) is 0 Å². The van der Waals surface area contributed by atoms with Crippen molar-refractivity contribution in [2.24, 2.45) is 0 Å². The van der Waals surface area contributed by atoms with E-state index < -0.39 is 0 Å². The van der Waals surface area contributed by atoms with E-state index in [1.807, 2.05) is 6.07 Å². The van der Waals surface area contributed by atoms with Crippen molar-refractivity contribution in [3.05, 3.63) is 39.6 Å². The molecule has 0 radical (unpaired) electrons.